The van der Waals surface area contributed by atoms with Crippen molar-refractivity contribution in [1.29, 1.82) is 0 Å². The van der Waals surface area contributed by atoms with Gasteiger partial charge >= 0.3 is 5.97 Å². The van der Waals surface area contributed by atoms with E-state index in [4.69, 9.17) is 0 Å². The molecule has 2 fully saturated rings. The zero-order chi connectivity index (χ0) is 14.3. The van der Waals surface area contributed by atoms with E-state index in [1.165, 1.54) is 6.20 Å². The van der Waals surface area contributed by atoms with Crippen LogP contribution in [0.5, 0.6) is 0 Å². The summed E-state index contributed by atoms with van der Waals surface area (Å²) in [6.45, 7) is 1.66. The van der Waals surface area contributed by atoms with E-state index < -0.39 is 5.97 Å². The first-order chi connectivity index (χ1) is 9.58. The quantitative estimate of drug-likeness (QED) is 0.917. The van der Waals surface area contributed by atoms with E-state index in [9.17, 15) is 14.7 Å². The summed E-state index contributed by atoms with van der Waals surface area (Å²) < 4.78 is 1.94. The Balaban J connectivity index is 1.81. The van der Waals surface area contributed by atoms with Gasteiger partial charge in [0.1, 0.15) is 11.3 Å². The second-order valence-corrected chi connectivity index (χ2v) is 6.08. The summed E-state index contributed by atoms with van der Waals surface area (Å²) in [5.41, 5.74) is 1.27. The molecule has 5 nitrogen and oxygen atoms in total. The van der Waals surface area contributed by atoms with E-state index in [2.05, 4.69) is 5.10 Å². The maximum absolute atomic E-state index is 11.4. The molecule has 2 aliphatic rings. The Hall–Kier alpha value is -1.65. The number of aromatic nitrogens is 2. The SMILES string of the molecule is CC(=O)[C@H]1CC[C@H](n2ncc(C(=O)O)c2C2CC2)CC1. The third-order valence-electron chi connectivity index (χ3n) is 4.65. The van der Waals surface area contributed by atoms with Crippen LogP contribution >= 0.6 is 0 Å². The molecule has 108 valence electrons. The minimum atomic E-state index is -0.879. The van der Waals surface area contributed by atoms with E-state index in [1.807, 2.05) is 4.68 Å². The summed E-state index contributed by atoms with van der Waals surface area (Å²) in [5.74, 6) is -0.0487. The first-order valence-electron chi connectivity index (χ1n) is 7.39. The van der Waals surface area contributed by atoms with Crippen molar-refractivity contribution in [1.82, 2.24) is 9.78 Å². The average molecular weight is 276 g/mol. The number of hydrogen-bond acceptors (Lipinski definition) is 3. The van der Waals surface area contributed by atoms with Gasteiger partial charge in [0, 0.05) is 11.8 Å². The van der Waals surface area contributed by atoms with Crippen LogP contribution in [0.2, 0.25) is 0 Å². The summed E-state index contributed by atoms with van der Waals surface area (Å²) in [7, 11) is 0. The number of hydrogen-bond donors (Lipinski definition) is 1. The Morgan fingerprint density at radius 2 is 1.85 bits per heavy atom. The minimum Gasteiger partial charge on any atom is -0.478 e. The maximum atomic E-state index is 11.4. The molecule has 1 heterocycles. The van der Waals surface area contributed by atoms with Crippen LogP contribution in [0.3, 0.4) is 0 Å². The van der Waals surface area contributed by atoms with E-state index >= 15 is 0 Å². The van der Waals surface area contributed by atoms with E-state index in [1.54, 1.807) is 6.92 Å². The lowest BCUT2D eigenvalue weighted by molar-refractivity contribution is -0.121. The monoisotopic (exact) mass is 276 g/mol. The zero-order valence-electron chi connectivity index (χ0n) is 11.7. The van der Waals surface area contributed by atoms with Crippen molar-refractivity contribution in [3.63, 3.8) is 0 Å². The van der Waals surface area contributed by atoms with Gasteiger partial charge in [-0.15, -0.1) is 0 Å². The van der Waals surface area contributed by atoms with Gasteiger partial charge in [-0.3, -0.25) is 9.48 Å². The van der Waals surface area contributed by atoms with Crippen LogP contribution in [0.15, 0.2) is 6.20 Å². The topological polar surface area (TPSA) is 72.2 Å². The molecule has 2 saturated carbocycles. The number of Topliss-reactive ketones (excluding diaryl/α,β-unsaturated/α-hetero) is 1. The molecule has 0 atom stereocenters. The zero-order valence-corrected chi connectivity index (χ0v) is 11.7. The number of nitrogens with zero attached hydrogens (tertiary/aromatic N) is 2. The van der Waals surface area contributed by atoms with Crippen LogP contribution < -0.4 is 0 Å². The first-order valence-corrected chi connectivity index (χ1v) is 7.39. The van der Waals surface area contributed by atoms with Gasteiger partial charge in [-0.1, -0.05) is 0 Å². The van der Waals surface area contributed by atoms with Gasteiger partial charge in [-0.2, -0.15) is 5.10 Å². The molecule has 0 unspecified atom stereocenters. The predicted octanol–water partition coefficient (Wildman–Crippen LogP) is 2.78. The lowest BCUT2D eigenvalue weighted by atomic mass is 9.84. The second-order valence-electron chi connectivity index (χ2n) is 6.08. The van der Waals surface area contributed by atoms with Crippen molar-refractivity contribution < 1.29 is 14.7 Å². The fraction of sp³-hybridized carbons (Fsp3) is 0.667. The summed E-state index contributed by atoms with van der Waals surface area (Å²) in [6, 6.07) is 0.259. The van der Waals surface area contributed by atoms with E-state index in [0.717, 1.165) is 44.2 Å². The normalized spacial score (nSPS) is 26.4. The summed E-state index contributed by atoms with van der Waals surface area (Å²) in [6.07, 6.45) is 7.25. The van der Waals surface area contributed by atoms with Crippen LogP contribution in [-0.4, -0.2) is 26.6 Å². The number of carboxylic acids is 1. The number of carboxylic acid groups (broad SMARTS) is 1. The van der Waals surface area contributed by atoms with Crippen molar-refractivity contribution in [3.8, 4) is 0 Å². The summed E-state index contributed by atoms with van der Waals surface area (Å²) in [5, 5.41) is 13.6. The third-order valence-corrected chi connectivity index (χ3v) is 4.65. The highest BCUT2D eigenvalue weighted by Crippen LogP contribution is 2.44. The van der Waals surface area contributed by atoms with Crippen molar-refractivity contribution in [2.75, 3.05) is 0 Å². The molecule has 5 heteroatoms. The number of ketones is 1. The van der Waals surface area contributed by atoms with Crippen LogP contribution in [0.1, 0.15) is 73.5 Å². The number of carbonyl (C=O) groups excluding carboxylic acids is 1. The number of carbonyl (C=O) groups is 2. The number of aromatic carboxylic acids is 1. The smallest absolute Gasteiger partial charge is 0.339 e. The lowest BCUT2D eigenvalue weighted by Crippen LogP contribution is -2.24. The van der Waals surface area contributed by atoms with Gasteiger partial charge in [0.25, 0.3) is 0 Å². The predicted molar refractivity (Wildman–Crippen MR) is 72.8 cm³/mol. The molecule has 1 aromatic heterocycles. The highest BCUT2D eigenvalue weighted by Gasteiger charge is 2.35. The average Bonchev–Trinajstić information content (AvgIpc) is 3.17. The van der Waals surface area contributed by atoms with Gasteiger partial charge in [0.2, 0.25) is 0 Å². The molecule has 0 aromatic carbocycles. The Kier molecular flexibility index (Phi) is 3.36. The van der Waals surface area contributed by atoms with Gasteiger partial charge < -0.3 is 5.11 Å². The first kappa shape index (κ1) is 13.3. The molecule has 0 aliphatic heterocycles. The van der Waals surface area contributed by atoms with Crippen molar-refractivity contribution in [3.05, 3.63) is 17.5 Å². The summed E-state index contributed by atoms with van der Waals surface area (Å²) >= 11 is 0. The fourth-order valence-electron chi connectivity index (χ4n) is 3.32. The second kappa shape index (κ2) is 5.04. The molecule has 20 heavy (non-hydrogen) atoms. The Bertz CT molecular complexity index is 537. The van der Waals surface area contributed by atoms with Gasteiger partial charge in [0.05, 0.1) is 17.9 Å². The molecular formula is C15H20N2O3. The van der Waals surface area contributed by atoms with Gasteiger partial charge in [0.15, 0.2) is 0 Å². The van der Waals surface area contributed by atoms with E-state index in [0.29, 0.717) is 11.5 Å². The molecular weight excluding hydrogens is 256 g/mol. The fourth-order valence-corrected chi connectivity index (χ4v) is 3.32. The van der Waals surface area contributed by atoms with E-state index in [-0.39, 0.29) is 17.7 Å². The lowest BCUT2D eigenvalue weighted by Gasteiger charge is -2.28. The summed E-state index contributed by atoms with van der Waals surface area (Å²) in [4.78, 5) is 22.7. The Morgan fingerprint density at radius 1 is 1.20 bits per heavy atom. The third kappa shape index (κ3) is 2.37. The van der Waals surface area contributed by atoms with Gasteiger partial charge in [-0.25, -0.2) is 4.79 Å². The molecule has 3 rings (SSSR count). The maximum Gasteiger partial charge on any atom is 0.339 e. The standard InChI is InChI=1S/C15H20N2O3/c1-9(18)10-4-6-12(7-5-10)17-14(11-2-3-11)13(8-16-17)15(19)20/h8,10-12H,2-7H2,1H3,(H,19,20)/t10-,12-. The Labute approximate surface area is 118 Å². The van der Waals surface area contributed by atoms with Gasteiger partial charge in [-0.05, 0) is 45.4 Å². The van der Waals surface area contributed by atoms with Crippen molar-refractivity contribution in [2.45, 2.75) is 57.4 Å². The van der Waals surface area contributed by atoms with Crippen LogP contribution in [-0.2, 0) is 4.79 Å². The molecule has 0 bridgehead atoms. The molecule has 2 aliphatic carbocycles. The molecule has 1 N–H and O–H groups in total. The highest BCUT2D eigenvalue weighted by atomic mass is 16.4. The Morgan fingerprint density at radius 3 is 2.35 bits per heavy atom. The van der Waals surface area contributed by atoms with Crippen LogP contribution in [0, 0.1) is 5.92 Å². The highest BCUT2D eigenvalue weighted by molar-refractivity contribution is 5.89. The largest absolute Gasteiger partial charge is 0.478 e. The molecule has 0 amide bonds. The molecule has 0 spiro atoms. The van der Waals surface area contributed by atoms with Crippen LogP contribution in [0.4, 0.5) is 0 Å². The minimum absolute atomic E-state index is 0.185. The molecule has 0 saturated heterocycles. The van der Waals surface area contributed by atoms with Crippen LogP contribution in [0.25, 0.3) is 0 Å². The molecule has 1 aromatic rings. The molecule has 0 radical (unpaired) electrons. The number of rotatable bonds is 4. The van der Waals surface area contributed by atoms with Crippen molar-refractivity contribution in [2.24, 2.45) is 5.92 Å². The van der Waals surface area contributed by atoms with Crippen molar-refractivity contribution >= 4 is 11.8 Å².